The highest BCUT2D eigenvalue weighted by Gasteiger charge is 2.29. The number of nitrogens with two attached hydrogens (primary N) is 2. The molecule has 0 aliphatic carbocycles. The zero-order chi connectivity index (χ0) is 28.2. The number of benzene rings is 3. The van der Waals surface area contributed by atoms with Crippen LogP contribution in [0.3, 0.4) is 0 Å². The predicted octanol–water partition coefficient (Wildman–Crippen LogP) is 2.84. The molecule has 3 aromatic carbocycles. The van der Waals surface area contributed by atoms with Crippen LogP contribution in [0.4, 0.5) is 22.7 Å². The van der Waals surface area contributed by atoms with Crippen molar-refractivity contribution >= 4 is 40.5 Å². The van der Waals surface area contributed by atoms with Crippen LogP contribution in [-0.2, 0) is 22.6 Å². The number of hydrogen-bond acceptors (Lipinski definition) is 8. The minimum Gasteiger partial charge on any atom is -0.493 e. The summed E-state index contributed by atoms with van der Waals surface area (Å²) < 4.78 is 6.00. The Morgan fingerprint density at radius 3 is 2.65 bits per heavy atom. The number of aliphatic imine (C=N–C) groups is 1. The molecule has 3 aromatic rings. The molecule has 0 bridgehead atoms. The fourth-order valence-electron chi connectivity index (χ4n) is 5.25. The van der Waals surface area contributed by atoms with E-state index in [4.69, 9.17) is 16.2 Å². The van der Waals surface area contributed by atoms with E-state index >= 15 is 0 Å². The van der Waals surface area contributed by atoms with Gasteiger partial charge in [0, 0.05) is 45.4 Å². The zero-order valence-corrected chi connectivity index (χ0v) is 22.8. The summed E-state index contributed by atoms with van der Waals surface area (Å²) >= 11 is 0. The molecule has 1 atom stereocenters. The molecule has 2 aliphatic heterocycles. The highest BCUT2D eigenvalue weighted by atomic mass is 16.5. The Bertz CT molecular complexity index is 1440. The van der Waals surface area contributed by atoms with Gasteiger partial charge >= 0.3 is 0 Å². The summed E-state index contributed by atoms with van der Waals surface area (Å²) in [4.78, 5) is 35.4. The van der Waals surface area contributed by atoms with E-state index in [0.717, 1.165) is 35.6 Å². The molecule has 0 saturated carbocycles. The first kappa shape index (κ1) is 26.9. The number of anilines is 3. The Hall–Kier alpha value is -4.73. The maximum absolute atomic E-state index is 12.8. The van der Waals surface area contributed by atoms with Gasteiger partial charge in [0.15, 0.2) is 5.96 Å². The Morgan fingerprint density at radius 1 is 1.07 bits per heavy atom. The molecule has 0 spiro atoms. The van der Waals surface area contributed by atoms with Gasteiger partial charge in [-0.25, -0.2) is 4.99 Å². The van der Waals surface area contributed by atoms with Crippen molar-refractivity contribution in [1.29, 1.82) is 0 Å². The summed E-state index contributed by atoms with van der Waals surface area (Å²) in [5, 5.41) is 2.97. The van der Waals surface area contributed by atoms with Gasteiger partial charge in [0.25, 0.3) is 0 Å². The topological polar surface area (TPSA) is 130 Å². The van der Waals surface area contributed by atoms with E-state index in [-0.39, 0.29) is 24.3 Å². The Morgan fingerprint density at radius 2 is 1.85 bits per heavy atom. The Kier molecular flexibility index (Phi) is 7.77. The van der Waals surface area contributed by atoms with Gasteiger partial charge in [-0.3, -0.25) is 9.59 Å². The van der Waals surface area contributed by atoms with Gasteiger partial charge in [0.05, 0.1) is 23.7 Å². The third kappa shape index (κ3) is 5.80. The molecule has 5 rings (SSSR count). The van der Waals surface area contributed by atoms with Crippen molar-refractivity contribution in [2.75, 3.05) is 48.9 Å². The number of carbonyl (C=O) groups is 2. The van der Waals surface area contributed by atoms with Gasteiger partial charge in [0.2, 0.25) is 11.8 Å². The molecule has 0 saturated heterocycles. The SMILES string of the molecule is CN(C)c1ccccc1NC(=O)CN1Cc2ccc(OCCC(C(N)=O)N3CCc4ccccc43)cc2N=C1N. The molecule has 0 radical (unpaired) electrons. The van der Waals surface area contributed by atoms with Gasteiger partial charge in [-0.1, -0.05) is 36.4 Å². The summed E-state index contributed by atoms with van der Waals surface area (Å²) in [7, 11) is 3.86. The van der Waals surface area contributed by atoms with E-state index in [2.05, 4.69) is 21.3 Å². The lowest BCUT2D eigenvalue weighted by molar-refractivity contribution is -0.119. The molecule has 0 fully saturated rings. The summed E-state index contributed by atoms with van der Waals surface area (Å²) in [6, 6.07) is 20.9. The van der Waals surface area contributed by atoms with E-state index < -0.39 is 6.04 Å². The summed E-state index contributed by atoms with van der Waals surface area (Å²) in [6.45, 7) is 1.61. The maximum Gasteiger partial charge on any atom is 0.244 e. The van der Waals surface area contributed by atoms with Crippen LogP contribution in [0.2, 0.25) is 0 Å². The first-order chi connectivity index (χ1) is 19.3. The van der Waals surface area contributed by atoms with Crippen LogP contribution in [0.25, 0.3) is 0 Å². The van der Waals surface area contributed by atoms with Crippen LogP contribution in [0.1, 0.15) is 17.5 Å². The Balaban J connectivity index is 1.18. The molecular formula is C30H35N7O3. The molecule has 2 aliphatic rings. The van der Waals surface area contributed by atoms with E-state index in [1.165, 1.54) is 5.56 Å². The standard InChI is InChI=1S/C30H35N7O3/c1-35(2)26-10-6-4-8-23(26)33-28(38)19-36-18-21-11-12-22(17-24(21)34-30(36)32)40-16-14-27(29(31)39)37-15-13-20-7-3-5-9-25(20)37/h3-12,17,27H,13-16,18-19H2,1-2H3,(H2,31,39)(H2,32,34)(H,33,38). The van der Waals surface area contributed by atoms with Gasteiger partial charge in [0.1, 0.15) is 18.3 Å². The van der Waals surface area contributed by atoms with Gasteiger partial charge < -0.3 is 36.2 Å². The van der Waals surface area contributed by atoms with Crippen LogP contribution >= 0.6 is 0 Å². The summed E-state index contributed by atoms with van der Waals surface area (Å²) in [5.74, 6) is 0.354. The summed E-state index contributed by atoms with van der Waals surface area (Å²) in [5.41, 5.74) is 17.6. The monoisotopic (exact) mass is 541 g/mol. The second-order valence-electron chi connectivity index (χ2n) is 10.2. The van der Waals surface area contributed by atoms with Gasteiger partial charge in [-0.05, 0) is 41.8 Å². The molecule has 2 amide bonds. The van der Waals surface area contributed by atoms with Crippen molar-refractivity contribution in [2.45, 2.75) is 25.4 Å². The van der Waals surface area contributed by atoms with Crippen LogP contribution in [-0.4, -0.2) is 62.5 Å². The van der Waals surface area contributed by atoms with E-state index in [9.17, 15) is 9.59 Å². The number of guanidine groups is 1. The molecule has 5 N–H and O–H groups in total. The number of nitrogens with one attached hydrogen (secondary N) is 1. The zero-order valence-electron chi connectivity index (χ0n) is 22.8. The van der Waals surface area contributed by atoms with Crippen molar-refractivity contribution < 1.29 is 14.3 Å². The van der Waals surface area contributed by atoms with Crippen LogP contribution in [0.15, 0.2) is 71.7 Å². The number of ether oxygens (including phenoxy) is 1. The van der Waals surface area contributed by atoms with Crippen LogP contribution in [0.5, 0.6) is 5.75 Å². The van der Waals surface area contributed by atoms with E-state index in [1.54, 1.807) is 4.90 Å². The number of primary amides is 1. The Labute approximate surface area is 234 Å². The van der Waals surface area contributed by atoms with Gasteiger partial charge in [-0.2, -0.15) is 0 Å². The number of nitrogens with zero attached hydrogens (tertiary/aromatic N) is 4. The first-order valence-electron chi connectivity index (χ1n) is 13.3. The van der Waals surface area contributed by atoms with Crippen LogP contribution in [0, 0.1) is 0 Å². The normalized spacial score (nSPS) is 14.6. The highest BCUT2D eigenvalue weighted by molar-refractivity contribution is 5.98. The average Bonchev–Trinajstić information content (AvgIpc) is 3.35. The number of carbonyl (C=O) groups excluding carboxylic acids is 2. The molecule has 40 heavy (non-hydrogen) atoms. The fourth-order valence-corrected chi connectivity index (χ4v) is 5.25. The summed E-state index contributed by atoms with van der Waals surface area (Å²) in [6.07, 6.45) is 1.36. The van der Waals surface area contributed by atoms with Crippen molar-refractivity contribution in [1.82, 2.24) is 4.90 Å². The average molecular weight is 542 g/mol. The first-order valence-corrected chi connectivity index (χ1v) is 13.3. The van der Waals surface area contributed by atoms with E-state index in [0.29, 0.717) is 31.0 Å². The number of amides is 2. The van der Waals surface area contributed by atoms with Crippen molar-refractivity contribution in [3.05, 3.63) is 77.9 Å². The number of rotatable bonds is 10. The third-order valence-corrected chi connectivity index (χ3v) is 7.26. The molecule has 1 unspecified atom stereocenters. The lowest BCUT2D eigenvalue weighted by Crippen LogP contribution is -2.45. The number of para-hydroxylation sites is 3. The second-order valence-corrected chi connectivity index (χ2v) is 10.2. The lowest BCUT2D eigenvalue weighted by Gasteiger charge is -2.28. The maximum atomic E-state index is 12.8. The van der Waals surface area contributed by atoms with E-state index in [1.807, 2.05) is 79.7 Å². The second kappa shape index (κ2) is 11.6. The van der Waals surface area contributed by atoms with Crippen LogP contribution < -0.4 is 31.3 Å². The fraction of sp³-hybridized carbons (Fsp3) is 0.300. The van der Waals surface area contributed by atoms with Gasteiger partial charge in [-0.15, -0.1) is 0 Å². The highest BCUT2D eigenvalue weighted by Crippen LogP contribution is 2.32. The predicted molar refractivity (Wildman–Crippen MR) is 158 cm³/mol. The quantitative estimate of drug-likeness (QED) is 0.360. The number of hydrogen-bond donors (Lipinski definition) is 3. The minimum atomic E-state index is -0.445. The smallest absolute Gasteiger partial charge is 0.244 e. The molecular weight excluding hydrogens is 506 g/mol. The molecule has 0 aromatic heterocycles. The third-order valence-electron chi connectivity index (χ3n) is 7.26. The molecule has 10 nitrogen and oxygen atoms in total. The molecule has 2 heterocycles. The van der Waals surface area contributed by atoms with Crippen molar-refractivity contribution in [2.24, 2.45) is 16.5 Å². The van der Waals surface area contributed by atoms with Crippen molar-refractivity contribution in [3.8, 4) is 5.75 Å². The number of fused-ring (bicyclic) bond motifs is 2. The molecule has 10 heteroatoms. The largest absolute Gasteiger partial charge is 0.493 e. The molecule has 208 valence electrons. The van der Waals surface area contributed by atoms with Crippen molar-refractivity contribution in [3.63, 3.8) is 0 Å². The lowest BCUT2D eigenvalue weighted by atomic mass is 10.1. The minimum absolute atomic E-state index is 0.0723.